The number of ether oxygens (including phenoxy) is 1. The molecule has 1 amide bonds. The largest absolute Gasteiger partial charge is 0.444 e. The number of amides is 1. The second-order valence-electron chi connectivity index (χ2n) is 5.70. The van der Waals surface area contributed by atoms with Crippen LogP contribution in [0.2, 0.25) is 0 Å². The van der Waals surface area contributed by atoms with Crippen LogP contribution < -0.4 is 10.6 Å². The molecule has 0 aromatic carbocycles. The number of carbonyl (C=O) groups excluding carboxylic acids is 1. The van der Waals surface area contributed by atoms with Gasteiger partial charge in [-0.2, -0.15) is 11.8 Å². The van der Waals surface area contributed by atoms with Crippen LogP contribution in [0.3, 0.4) is 0 Å². The minimum atomic E-state index is -0.435. The molecule has 0 unspecified atom stereocenters. The maximum atomic E-state index is 11.4. The highest BCUT2D eigenvalue weighted by atomic mass is 32.2. The molecule has 0 aromatic heterocycles. The van der Waals surface area contributed by atoms with Crippen LogP contribution in [0.5, 0.6) is 0 Å². The number of thioether (sulfide) groups is 1. The smallest absolute Gasteiger partial charge is 0.407 e. The molecule has 19 heavy (non-hydrogen) atoms. The summed E-state index contributed by atoms with van der Waals surface area (Å²) in [5, 5.41) is 6.16. The standard InChI is InChI=1S/C14H30N2O2S/c1-7-14(8-2,19-6)11-15-9-10-16-12(17)18-13(3,4)5/h15H,7-11H2,1-6H3,(H,16,17). The fraction of sp³-hybridized carbons (Fsp3) is 0.929. The second-order valence-corrected chi connectivity index (χ2v) is 6.97. The Hall–Kier alpha value is -0.420. The Balaban J connectivity index is 3.79. The lowest BCUT2D eigenvalue weighted by Gasteiger charge is -2.30. The molecule has 0 rings (SSSR count). The highest BCUT2D eigenvalue weighted by Gasteiger charge is 2.23. The van der Waals surface area contributed by atoms with Crippen molar-refractivity contribution in [1.29, 1.82) is 0 Å². The average molecular weight is 290 g/mol. The molecule has 0 atom stereocenters. The van der Waals surface area contributed by atoms with Gasteiger partial charge >= 0.3 is 6.09 Å². The summed E-state index contributed by atoms with van der Waals surface area (Å²) in [6, 6.07) is 0. The van der Waals surface area contributed by atoms with Gasteiger partial charge in [-0.1, -0.05) is 13.8 Å². The van der Waals surface area contributed by atoms with Crippen molar-refractivity contribution in [1.82, 2.24) is 10.6 Å². The summed E-state index contributed by atoms with van der Waals surface area (Å²) in [4.78, 5) is 11.4. The molecule has 4 nitrogen and oxygen atoms in total. The van der Waals surface area contributed by atoms with Crippen molar-refractivity contribution in [2.75, 3.05) is 25.9 Å². The van der Waals surface area contributed by atoms with Crippen molar-refractivity contribution < 1.29 is 9.53 Å². The van der Waals surface area contributed by atoms with E-state index in [1.165, 1.54) is 0 Å². The number of hydrogen-bond acceptors (Lipinski definition) is 4. The summed E-state index contributed by atoms with van der Waals surface area (Å²) >= 11 is 1.92. The van der Waals surface area contributed by atoms with Crippen molar-refractivity contribution in [3.63, 3.8) is 0 Å². The lowest BCUT2D eigenvalue weighted by molar-refractivity contribution is 0.0528. The summed E-state index contributed by atoms with van der Waals surface area (Å²) in [6.45, 7) is 12.4. The molecule has 0 aliphatic rings. The van der Waals surface area contributed by atoms with E-state index in [4.69, 9.17) is 4.74 Å². The van der Waals surface area contributed by atoms with Gasteiger partial charge in [0.2, 0.25) is 0 Å². The molecule has 0 aliphatic carbocycles. The number of alkyl carbamates (subject to hydrolysis) is 1. The van der Waals surface area contributed by atoms with Crippen molar-refractivity contribution in [3.05, 3.63) is 0 Å². The Bertz CT molecular complexity index is 252. The quantitative estimate of drug-likeness (QED) is 0.675. The molecule has 0 bridgehead atoms. The Kier molecular flexibility index (Phi) is 8.50. The van der Waals surface area contributed by atoms with Crippen LogP contribution in [-0.2, 0) is 4.74 Å². The van der Waals surface area contributed by atoms with E-state index in [0.29, 0.717) is 11.3 Å². The van der Waals surface area contributed by atoms with E-state index in [2.05, 4.69) is 30.7 Å². The van der Waals surface area contributed by atoms with E-state index >= 15 is 0 Å². The lowest BCUT2D eigenvalue weighted by Crippen LogP contribution is -2.41. The minimum absolute atomic E-state index is 0.311. The van der Waals surface area contributed by atoms with E-state index in [1.54, 1.807) is 0 Å². The Morgan fingerprint density at radius 3 is 2.16 bits per heavy atom. The molecule has 0 radical (unpaired) electrons. The first-order valence-corrected chi connectivity index (χ1v) is 8.24. The van der Waals surface area contributed by atoms with Gasteiger partial charge in [-0.05, 0) is 39.9 Å². The summed E-state index contributed by atoms with van der Waals surface area (Å²) in [5.41, 5.74) is -0.435. The van der Waals surface area contributed by atoms with E-state index in [9.17, 15) is 4.79 Å². The number of rotatable bonds is 8. The van der Waals surface area contributed by atoms with E-state index < -0.39 is 5.60 Å². The molecular formula is C14H30N2O2S. The van der Waals surface area contributed by atoms with Gasteiger partial charge in [0.15, 0.2) is 0 Å². The third kappa shape index (κ3) is 8.37. The van der Waals surface area contributed by atoms with E-state index in [0.717, 1.165) is 25.9 Å². The van der Waals surface area contributed by atoms with Gasteiger partial charge in [0, 0.05) is 24.4 Å². The predicted molar refractivity (Wildman–Crippen MR) is 83.9 cm³/mol. The molecule has 0 aromatic rings. The van der Waals surface area contributed by atoms with Crippen LogP contribution in [0.15, 0.2) is 0 Å². The first-order valence-electron chi connectivity index (χ1n) is 7.01. The first-order chi connectivity index (χ1) is 8.78. The van der Waals surface area contributed by atoms with Gasteiger partial charge in [0.25, 0.3) is 0 Å². The molecule has 5 heteroatoms. The molecule has 114 valence electrons. The van der Waals surface area contributed by atoms with E-state index in [-0.39, 0.29) is 6.09 Å². The topological polar surface area (TPSA) is 50.4 Å². The van der Waals surface area contributed by atoms with Gasteiger partial charge < -0.3 is 15.4 Å². The Morgan fingerprint density at radius 2 is 1.74 bits per heavy atom. The van der Waals surface area contributed by atoms with Gasteiger partial charge in [-0.3, -0.25) is 0 Å². The molecule has 0 fully saturated rings. The zero-order valence-corrected chi connectivity index (χ0v) is 14.1. The molecule has 0 saturated heterocycles. The average Bonchev–Trinajstić information content (AvgIpc) is 2.32. The van der Waals surface area contributed by atoms with Gasteiger partial charge in [-0.15, -0.1) is 0 Å². The van der Waals surface area contributed by atoms with Crippen LogP contribution in [0.4, 0.5) is 4.79 Å². The summed E-state index contributed by atoms with van der Waals surface area (Å²) < 4.78 is 5.48. The SMILES string of the molecule is CCC(CC)(CNCCNC(=O)OC(C)(C)C)SC. The maximum absolute atomic E-state index is 11.4. The second kappa shape index (κ2) is 8.69. The van der Waals surface area contributed by atoms with Crippen molar-refractivity contribution in [2.45, 2.75) is 57.8 Å². The Morgan fingerprint density at radius 1 is 1.16 bits per heavy atom. The fourth-order valence-corrected chi connectivity index (χ4v) is 2.57. The zero-order chi connectivity index (χ0) is 14.9. The third-order valence-corrected chi connectivity index (χ3v) is 4.73. The summed E-state index contributed by atoms with van der Waals surface area (Å²) in [5.74, 6) is 0. The van der Waals surface area contributed by atoms with Crippen LogP contribution in [-0.4, -0.2) is 42.3 Å². The highest BCUT2D eigenvalue weighted by molar-refractivity contribution is 8.00. The van der Waals surface area contributed by atoms with Crippen LogP contribution in [0, 0.1) is 0 Å². The summed E-state index contributed by atoms with van der Waals surface area (Å²) in [7, 11) is 0. The lowest BCUT2D eigenvalue weighted by atomic mass is 10.0. The molecule has 0 aliphatic heterocycles. The monoisotopic (exact) mass is 290 g/mol. The van der Waals surface area contributed by atoms with Crippen LogP contribution in [0.25, 0.3) is 0 Å². The van der Waals surface area contributed by atoms with Crippen molar-refractivity contribution in [2.24, 2.45) is 0 Å². The van der Waals surface area contributed by atoms with Crippen LogP contribution in [0.1, 0.15) is 47.5 Å². The van der Waals surface area contributed by atoms with Crippen LogP contribution >= 0.6 is 11.8 Å². The molecule has 0 saturated carbocycles. The normalized spacial score (nSPS) is 12.3. The minimum Gasteiger partial charge on any atom is -0.444 e. The van der Waals surface area contributed by atoms with E-state index in [1.807, 2.05) is 32.5 Å². The van der Waals surface area contributed by atoms with Gasteiger partial charge in [0.05, 0.1) is 0 Å². The van der Waals surface area contributed by atoms with Gasteiger partial charge in [-0.25, -0.2) is 4.79 Å². The third-order valence-electron chi connectivity index (χ3n) is 3.14. The molecule has 0 heterocycles. The zero-order valence-electron chi connectivity index (χ0n) is 13.3. The van der Waals surface area contributed by atoms with Crippen molar-refractivity contribution in [3.8, 4) is 0 Å². The molecule has 0 spiro atoms. The first kappa shape index (κ1) is 18.6. The number of hydrogen-bond donors (Lipinski definition) is 2. The van der Waals surface area contributed by atoms with Gasteiger partial charge in [0.1, 0.15) is 5.60 Å². The highest BCUT2D eigenvalue weighted by Crippen LogP contribution is 2.29. The Labute approximate surface area is 122 Å². The summed E-state index contributed by atoms with van der Waals surface area (Å²) in [6.07, 6.45) is 4.11. The molecule has 2 N–H and O–H groups in total. The maximum Gasteiger partial charge on any atom is 0.407 e. The number of nitrogens with one attached hydrogen (secondary N) is 2. The fourth-order valence-electron chi connectivity index (χ4n) is 1.74. The predicted octanol–water partition coefficient (Wildman–Crippen LogP) is 3.02. The van der Waals surface area contributed by atoms with Crippen molar-refractivity contribution >= 4 is 17.9 Å². The molecular weight excluding hydrogens is 260 g/mol. The number of carbonyl (C=O) groups is 1.